The Morgan fingerprint density at radius 2 is 2.00 bits per heavy atom. The molecule has 1 unspecified atom stereocenters. The van der Waals surface area contributed by atoms with Crippen molar-refractivity contribution in [1.82, 2.24) is 10.1 Å². The SMILES string of the molecule is CC(N)c1noc(-c2ccc(F)cc2)n1. The third-order valence-electron chi connectivity index (χ3n) is 1.94. The van der Waals surface area contributed by atoms with Gasteiger partial charge in [0.15, 0.2) is 5.82 Å². The number of rotatable bonds is 2. The van der Waals surface area contributed by atoms with E-state index in [1.165, 1.54) is 12.1 Å². The summed E-state index contributed by atoms with van der Waals surface area (Å²) in [5, 5.41) is 3.71. The Balaban J connectivity index is 2.33. The van der Waals surface area contributed by atoms with Crippen LogP contribution in [0.4, 0.5) is 4.39 Å². The van der Waals surface area contributed by atoms with Crippen LogP contribution in [0.25, 0.3) is 11.5 Å². The van der Waals surface area contributed by atoms with E-state index in [0.29, 0.717) is 17.3 Å². The van der Waals surface area contributed by atoms with Gasteiger partial charge in [0.1, 0.15) is 5.82 Å². The van der Waals surface area contributed by atoms with Crippen molar-refractivity contribution in [3.05, 3.63) is 35.9 Å². The fraction of sp³-hybridized carbons (Fsp3) is 0.200. The van der Waals surface area contributed by atoms with Gasteiger partial charge in [-0.3, -0.25) is 0 Å². The molecule has 2 aromatic rings. The van der Waals surface area contributed by atoms with Crippen LogP contribution in [0, 0.1) is 5.82 Å². The molecule has 1 heterocycles. The monoisotopic (exact) mass is 207 g/mol. The van der Waals surface area contributed by atoms with Gasteiger partial charge in [-0.15, -0.1) is 0 Å². The van der Waals surface area contributed by atoms with Crippen molar-refractivity contribution in [2.45, 2.75) is 13.0 Å². The molecule has 0 aliphatic rings. The van der Waals surface area contributed by atoms with Crippen molar-refractivity contribution >= 4 is 0 Å². The molecule has 15 heavy (non-hydrogen) atoms. The lowest BCUT2D eigenvalue weighted by atomic mass is 10.2. The third-order valence-corrected chi connectivity index (χ3v) is 1.94. The summed E-state index contributed by atoms with van der Waals surface area (Å²) in [7, 11) is 0. The highest BCUT2D eigenvalue weighted by Gasteiger charge is 2.11. The van der Waals surface area contributed by atoms with Crippen LogP contribution in [0.5, 0.6) is 0 Å². The molecular weight excluding hydrogens is 197 g/mol. The summed E-state index contributed by atoms with van der Waals surface area (Å²) in [5.74, 6) is 0.488. The number of benzene rings is 1. The molecule has 1 aromatic heterocycles. The zero-order chi connectivity index (χ0) is 10.8. The van der Waals surface area contributed by atoms with E-state index in [2.05, 4.69) is 10.1 Å². The molecule has 0 saturated heterocycles. The van der Waals surface area contributed by atoms with E-state index in [-0.39, 0.29) is 11.9 Å². The van der Waals surface area contributed by atoms with Gasteiger partial charge in [0, 0.05) is 5.56 Å². The van der Waals surface area contributed by atoms with Crippen LogP contribution in [0.2, 0.25) is 0 Å². The van der Waals surface area contributed by atoms with Gasteiger partial charge in [-0.25, -0.2) is 4.39 Å². The maximum absolute atomic E-state index is 12.6. The molecule has 0 aliphatic carbocycles. The van der Waals surface area contributed by atoms with Gasteiger partial charge in [0.05, 0.1) is 6.04 Å². The average molecular weight is 207 g/mol. The molecule has 0 spiro atoms. The second-order valence-electron chi connectivity index (χ2n) is 3.25. The fourth-order valence-electron chi connectivity index (χ4n) is 1.13. The van der Waals surface area contributed by atoms with Crippen molar-refractivity contribution in [2.24, 2.45) is 5.73 Å². The predicted molar refractivity (Wildman–Crippen MR) is 52.3 cm³/mol. The zero-order valence-electron chi connectivity index (χ0n) is 8.14. The highest BCUT2D eigenvalue weighted by Crippen LogP contribution is 2.18. The van der Waals surface area contributed by atoms with Gasteiger partial charge in [-0.05, 0) is 31.2 Å². The minimum atomic E-state index is -0.300. The number of aromatic nitrogens is 2. The summed E-state index contributed by atoms with van der Waals surface area (Å²) in [6.45, 7) is 1.76. The minimum Gasteiger partial charge on any atom is -0.334 e. The molecule has 1 atom stereocenters. The van der Waals surface area contributed by atoms with Crippen LogP contribution in [-0.2, 0) is 0 Å². The van der Waals surface area contributed by atoms with Crippen molar-refractivity contribution in [3.63, 3.8) is 0 Å². The summed E-state index contributed by atoms with van der Waals surface area (Å²) in [4.78, 5) is 4.08. The highest BCUT2D eigenvalue weighted by atomic mass is 19.1. The van der Waals surface area contributed by atoms with Crippen LogP contribution >= 0.6 is 0 Å². The standard InChI is InChI=1S/C10H10FN3O/c1-6(12)9-13-10(15-14-9)7-2-4-8(11)5-3-7/h2-6H,12H2,1H3. The Kier molecular flexibility index (Phi) is 2.47. The Bertz CT molecular complexity index is 450. The van der Waals surface area contributed by atoms with Gasteiger partial charge in [0.25, 0.3) is 5.89 Å². The van der Waals surface area contributed by atoms with Gasteiger partial charge in [-0.1, -0.05) is 5.16 Å². The molecule has 0 amide bonds. The largest absolute Gasteiger partial charge is 0.334 e. The van der Waals surface area contributed by atoms with Crippen molar-refractivity contribution in [3.8, 4) is 11.5 Å². The topological polar surface area (TPSA) is 64.9 Å². The first-order valence-electron chi connectivity index (χ1n) is 4.52. The Morgan fingerprint density at radius 3 is 2.53 bits per heavy atom. The second kappa shape index (κ2) is 3.78. The number of nitrogens with two attached hydrogens (primary N) is 1. The van der Waals surface area contributed by atoms with E-state index in [1.54, 1.807) is 19.1 Å². The number of halogens is 1. The van der Waals surface area contributed by atoms with Crippen LogP contribution in [0.1, 0.15) is 18.8 Å². The molecule has 1 aromatic carbocycles. The van der Waals surface area contributed by atoms with E-state index in [9.17, 15) is 4.39 Å². The van der Waals surface area contributed by atoms with Gasteiger partial charge in [-0.2, -0.15) is 4.98 Å². The molecule has 0 bridgehead atoms. The molecule has 0 radical (unpaired) electrons. The van der Waals surface area contributed by atoms with Crippen molar-refractivity contribution in [1.29, 1.82) is 0 Å². The van der Waals surface area contributed by atoms with E-state index < -0.39 is 0 Å². The maximum atomic E-state index is 12.6. The number of hydrogen-bond donors (Lipinski definition) is 1. The zero-order valence-corrected chi connectivity index (χ0v) is 8.14. The summed E-state index contributed by atoms with van der Waals surface area (Å²) in [5.41, 5.74) is 6.26. The summed E-state index contributed by atoms with van der Waals surface area (Å²) < 4.78 is 17.6. The Morgan fingerprint density at radius 1 is 1.33 bits per heavy atom. The summed E-state index contributed by atoms with van der Waals surface area (Å²) >= 11 is 0. The van der Waals surface area contributed by atoms with Crippen molar-refractivity contribution < 1.29 is 8.91 Å². The normalized spacial score (nSPS) is 12.7. The molecule has 5 heteroatoms. The van der Waals surface area contributed by atoms with E-state index >= 15 is 0 Å². The molecule has 2 N–H and O–H groups in total. The smallest absolute Gasteiger partial charge is 0.257 e. The Labute approximate surface area is 85.9 Å². The third kappa shape index (κ3) is 2.02. The number of hydrogen-bond acceptors (Lipinski definition) is 4. The first kappa shape index (κ1) is 9.79. The van der Waals surface area contributed by atoms with Crippen LogP contribution in [-0.4, -0.2) is 10.1 Å². The molecule has 0 fully saturated rings. The first-order valence-corrected chi connectivity index (χ1v) is 4.52. The summed E-state index contributed by atoms with van der Waals surface area (Å²) in [6, 6.07) is 5.56. The lowest BCUT2D eigenvalue weighted by molar-refractivity contribution is 0.418. The molecular formula is C10H10FN3O. The van der Waals surface area contributed by atoms with Crippen molar-refractivity contribution in [2.75, 3.05) is 0 Å². The molecule has 0 saturated carbocycles. The fourth-order valence-corrected chi connectivity index (χ4v) is 1.13. The predicted octanol–water partition coefficient (Wildman–Crippen LogP) is 1.90. The highest BCUT2D eigenvalue weighted by molar-refractivity contribution is 5.52. The maximum Gasteiger partial charge on any atom is 0.257 e. The average Bonchev–Trinajstić information content (AvgIpc) is 2.68. The molecule has 0 aliphatic heterocycles. The summed E-state index contributed by atoms with van der Waals surface area (Å²) in [6.07, 6.45) is 0. The van der Waals surface area contributed by atoms with E-state index in [4.69, 9.17) is 10.3 Å². The molecule has 2 rings (SSSR count). The lowest BCUT2D eigenvalue weighted by Crippen LogP contribution is -2.06. The van der Waals surface area contributed by atoms with E-state index in [0.717, 1.165) is 0 Å². The van der Waals surface area contributed by atoms with Gasteiger partial charge < -0.3 is 10.3 Å². The van der Waals surface area contributed by atoms with Crippen LogP contribution < -0.4 is 5.73 Å². The second-order valence-corrected chi connectivity index (χ2v) is 3.25. The Hall–Kier alpha value is -1.75. The van der Waals surface area contributed by atoms with Gasteiger partial charge in [0.2, 0.25) is 0 Å². The first-order chi connectivity index (χ1) is 7.16. The molecule has 78 valence electrons. The van der Waals surface area contributed by atoms with Gasteiger partial charge >= 0.3 is 0 Å². The molecule has 4 nitrogen and oxygen atoms in total. The quantitative estimate of drug-likeness (QED) is 0.816. The van der Waals surface area contributed by atoms with Crippen LogP contribution in [0.15, 0.2) is 28.8 Å². The van der Waals surface area contributed by atoms with E-state index in [1.807, 2.05) is 0 Å². The minimum absolute atomic E-state index is 0.275. The number of nitrogens with zero attached hydrogens (tertiary/aromatic N) is 2. The lowest BCUT2D eigenvalue weighted by Gasteiger charge is -1.94. The van der Waals surface area contributed by atoms with Crippen LogP contribution in [0.3, 0.4) is 0 Å².